The quantitative estimate of drug-likeness (QED) is 0.911. The molecule has 0 radical (unpaired) electrons. The first-order chi connectivity index (χ1) is 9.60. The van der Waals surface area contributed by atoms with Gasteiger partial charge in [-0.1, -0.05) is 13.0 Å². The Balaban J connectivity index is 2.08. The van der Waals surface area contributed by atoms with Crippen molar-refractivity contribution >= 4 is 5.82 Å². The number of hydrogen-bond donors (Lipinski definition) is 1. The van der Waals surface area contributed by atoms with E-state index in [2.05, 4.69) is 36.8 Å². The average Bonchev–Trinajstić information content (AvgIpc) is 2.64. The molecule has 0 saturated carbocycles. The van der Waals surface area contributed by atoms with Crippen LogP contribution in [0.1, 0.15) is 30.9 Å². The number of aromatic nitrogens is 1. The van der Waals surface area contributed by atoms with Crippen LogP contribution in [0.25, 0.3) is 0 Å². The molecule has 2 N–H and O–H groups in total. The van der Waals surface area contributed by atoms with Gasteiger partial charge in [0.25, 0.3) is 0 Å². The molecule has 1 aromatic rings. The van der Waals surface area contributed by atoms with Gasteiger partial charge in [-0.25, -0.2) is 4.98 Å². The molecule has 4 nitrogen and oxygen atoms in total. The Hall–Kier alpha value is -1.13. The molecule has 1 aliphatic rings. The van der Waals surface area contributed by atoms with E-state index in [0.717, 1.165) is 38.3 Å². The van der Waals surface area contributed by atoms with Gasteiger partial charge in [0.05, 0.1) is 0 Å². The summed E-state index contributed by atoms with van der Waals surface area (Å²) in [6.07, 6.45) is 5.15. The van der Waals surface area contributed by atoms with Crippen molar-refractivity contribution in [1.82, 2.24) is 9.88 Å². The van der Waals surface area contributed by atoms with E-state index in [9.17, 15) is 0 Å². The van der Waals surface area contributed by atoms with Crippen LogP contribution >= 0.6 is 0 Å². The minimum Gasteiger partial charge on any atom is -0.355 e. The van der Waals surface area contributed by atoms with Crippen molar-refractivity contribution in [3.63, 3.8) is 0 Å². The summed E-state index contributed by atoms with van der Waals surface area (Å²) in [6, 6.07) is 2.50. The zero-order chi connectivity index (χ0) is 14.5. The normalized spacial score (nSPS) is 18.9. The highest BCUT2D eigenvalue weighted by atomic mass is 15.2. The van der Waals surface area contributed by atoms with E-state index >= 15 is 0 Å². The van der Waals surface area contributed by atoms with E-state index in [1.807, 2.05) is 6.20 Å². The van der Waals surface area contributed by atoms with Crippen LogP contribution in [0.5, 0.6) is 0 Å². The Bertz CT molecular complexity index is 432. The number of anilines is 1. The zero-order valence-electron chi connectivity index (χ0n) is 13.1. The fourth-order valence-electron chi connectivity index (χ4n) is 2.77. The van der Waals surface area contributed by atoms with Gasteiger partial charge in [-0.05, 0) is 50.9 Å². The highest BCUT2D eigenvalue weighted by Gasteiger charge is 2.15. The molecule has 1 aliphatic heterocycles. The lowest BCUT2D eigenvalue weighted by molar-refractivity contribution is 0.360. The molecule has 0 aliphatic carbocycles. The lowest BCUT2D eigenvalue weighted by Crippen LogP contribution is -2.30. The number of aryl methyl sites for hydroxylation is 1. The van der Waals surface area contributed by atoms with Crippen molar-refractivity contribution in [3.05, 3.63) is 23.4 Å². The molecule has 1 atom stereocenters. The third kappa shape index (κ3) is 3.93. The molecule has 1 fully saturated rings. The second-order valence-electron chi connectivity index (χ2n) is 6.00. The Morgan fingerprint density at radius 2 is 2.10 bits per heavy atom. The van der Waals surface area contributed by atoms with Crippen molar-refractivity contribution in [1.29, 1.82) is 0 Å². The number of rotatable bonds is 4. The fourth-order valence-corrected chi connectivity index (χ4v) is 2.77. The SMILES string of the molecule is CCC(N)Cc1cnc(N2CCCN(C)CC2)c(C)c1. The first-order valence-corrected chi connectivity index (χ1v) is 7.74. The number of pyridine rings is 1. The van der Waals surface area contributed by atoms with Crippen LogP contribution in [0.2, 0.25) is 0 Å². The highest BCUT2D eigenvalue weighted by Crippen LogP contribution is 2.20. The predicted molar refractivity (Wildman–Crippen MR) is 85.3 cm³/mol. The summed E-state index contributed by atoms with van der Waals surface area (Å²) >= 11 is 0. The number of likely N-dealkylation sites (N-methyl/N-ethyl adjacent to an activating group) is 1. The maximum absolute atomic E-state index is 6.03. The molecule has 2 rings (SSSR count). The van der Waals surface area contributed by atoms with E-state index in [1.165, 1.54) is 24.1 Å². The minimum atomic E-state index is 0.244. The summed E-state index contributed by atoms with van der Waals surface area (Å²) < 4.78 is 0. The van der Waals surface area contributed by atoms with E-state index in [1.54, 1.807) is 0 Å². The second kappa shape index (κ2) is 7.04. The molecular formula is C16H28N4. The van der Waals surface area contributed by atoms with E-state index < -0.39 is 0 Å². The van der Waals surface area contributed by atoms with Crippen molar-refractivity contribution in [3.8, 4) is 0 Å². The van der Waals surface area contributed by atoms with Crippen LogP contribution < -0.4 is 10.6 Å². The maximum atomic E-state index is 6.03. The van der Waals surface area contributed by atoms with Crippen molar-refractivity contribution < 1.29 is 0 Å². The number of nitrogens with zero attached hydrogens (tertiary/aromatic N) is 3. The van der Waals surface area contributed by atoms with Crippen LogP contribution in [0.3, 0.4) is 0 Å². The molecule has 1 saturated heterocycles. The van der Waals surface area contributed by atoms with Crippen LogP contribution in [0.4, 0.5) is 5.82 Å². The van der Waals surface area contributed by atoms with Gasteiger partial charge in [-0.15, -0.1) is 0 Å². The molecule has 1 aromatic heterocycles. The van der Waals surface area contributed by atoms with Gasteiger partial charge >= 0.3 is 0 Å². The molecule has 0 aromatic carbocycles. The molecular weight excluding hydrogens is 248 g/mol. The standard InChI is InChI=1S/C16H28N4/c1-4-15(17)11-14-10-13(2)16(18-12-14)20-7-5-6-19(3)8-9-20/h10,12,15H,4-9,11,17H2,1-3H3. The summed E-state index contributed by atoms with van der Waals surface area (Å²) in [5, 5.41) is 0. The lowest BCUT2D eigenvalue weighted by Gasteiger charge is -2.24. The summed E-state index contributed by atoms with van der Waals surface area (Å²) in [5.74, 6) is 1.15. The van der Waals surface area contributed by atoms with Gasteiger partial charge in [0, 0.05) is 31.9 Å². The predicted octanol–water partition coefficient (Wildman–Crippen LogP) is 1.81. The summed E-state index contributed by atoms with van der Waals surface area (Å²) in [4.78, 5) is 9.52. The van der Waals surface area contributed by atoms with Gasteiger partial charge < -0.3 is 15.5 Å². The fraction of sp³-hybridized carbons (Fsp3) is 0.688. The van der Waals surface area contributed by atoms with E-state index in [0.29, 0.717) is 0 Å². The monoisotopic (exact) mass is 276 g/mol. The third-order valence-electron chi connectivity index (χ3n) is 4.15. The summed E-state index contributed by atoms with van der Waals surface area (Å²) in [7, 11) is 2.19. The van der Waals surface area contributed by atoms with Gasteiger partial charge in [-0.2, -0.15) is 0 Å². The van der Waals surface area contributed by atoms with Crippen LogP contribution in [-0.4, -0.2) is 49.2 Å². The number of nitrogens with two attached hydrogens (primary N) is 1. The minimum absolute atomic E-state index is 0.244. The molecule has 0 spiro atoms. The topological polar surface area (TPSA) is 45.4 Å². The summed E-state index contributed by atoms with van der Waals surface area (Å²) in [6.45, 7) is 8.76. The molecule has 112 valence electrons. The smallest absolute Gasteiger partial charge is 0.131 e. The van der Waals surface area contributed by atoms with Crippen molar-refractivity contribution in [2.24, 2.45) is 5.73 Å². The largest absolute Gasteiger partial charge is 0.355 e. The van der Waals surface area contributed by atoms with Crippen LogP contribution in [0, 0.1) is 6.92 Å². The van der Waals surface area contributed by atoms with Crippen LogP contribution in [-0.2, 0) is 6.42 Å². The zero-order valence-corrected chi connectivity index (χ0v) is 13.1. The Morgan fingerprint density at radius 3 is 2.80 bits per heavy atom. The third-order valence-corrected chi connectivity index (χ3v) is 4.15. The Labute approximate surface area is 123 Å². The first-order valence-electron chi connectivity index (χ1n) is 7.74. The highest BCUT2D eigenvalue weighted by molar-refractivity contribution is 5.47. The molecule has 4 heteroatoms. The number of hydrogen-bond acceptors (Lipinski definition) is 4. The average molecular weight is 276 g/mol. The van der Waals surface area contributed by atoms with Gasteiger partial charge in [0.15, 0.2) is 0 Å². The molecule has 2 heterocycles. The van der Waals surface area contributed by atoms with Gasteiger partial charge in [0.1, 0.15) is 5.82 Å². The maximum Gasteiger partial charge on any atom is 0.131 e. The first kappa shape index (κ1) is 15.3. The van der Waals surface area contributed by atoms with Gasteiger partial charge in [0.2, 0.25) is 0 Å². The van der Waals surface area contributed by atoms with Gasteiger partial charge in [-0.3, -0.25) is 0 Å². The molecule has 0 amide bonds. The summed E-state index contributed by atoms with van der Waals surface area (Å²) in [5.41, 5.74) is 8.56. The molecule has 0 bridgehead atoms. The van der Waals surface area contributed by atoms with Crippen LogP contribution in [0.15, 0.2) is 12.3 Å². The van der Waals surface area contributed by atoms with E-state index in [4.69, 9.17) is 10.7 Å². The Morgan fingerprint density at radius 1 is 1.30 bits per heavy atom. The second-order valence-corrected chi connectivity index (χ2v) is 6.00. The van der Waals surface area contributed by atoms with Crippen molar-refractivity contribution in [2.75, 3.05) is 38.1 Å². The van der Waals surface area contributed by atoms with E-state index in [-0.39, 0.29) is 6.04 Å². The van der Waals surface area contributed by atoms with Crippen molar-refractivity contribution in [2.45, 2.75) is 39.2 Å². The Kier molecular flexibility index (Phi) is 5.38. The molecule has 1 unspecified atom stereocenters. The molecule has 20 heavy (non-hydrogen) atoms. The lowest BCUT2D eigenvalue weighted by atomic mass is 10.0.